The van der Waals surface area contributed by atoms with Crippen molar-refractivity contribution in [2.75, 3.05) is 44.9 Å². The van der Waals surface area contributed by atoms with Crippen LogP contribution in [0, 0.1) is 0 Å². The average molecular weight is 516 g/mol. The van der Waals surface area contributed by atoms with Gasteiger partial charge in [-0.25, -0.2) is 13.4 Å². The van der Waals surface area contributed by atoms with Crippen LogP contribution >= 0.6 is 34.5 Å². The molecule has 0 aliphatic heterocycles. The van der Waals surface area contributed by atoms with Crippen molar-refractivity contribution in [3.63, 3.8) is 0 Å². The number of halogens is 2. The normalized spacial score (nSPS) is 11.8. The van der Waals surface area contributed by atoms with Gasteiger partial charge in [-0.15, -0.1) is 0 Å². The minimum atomic E-state index is -3.86. The number of fused-ring (bicyclic) bond motifs is 1. The highest BCUT2D eigenvalue weighted by atomic mass is 35.5. The monoisotopic (exact) mass is 515 g/mol. The Labute approximate surface area is 201 Å². The number of nitrogens with zero attached hydrogens (tertiary/aromatic N) is 3. The summed E-state index contributed by atoms with van der Waals surface area (Å²) >= 11 is 13.4. The highest BCUT2D eigenvalue weighted by Gasteiger charge is 2.27. The van der Waals surface area contributed by atoms with Gasteiger partial charge in [0.1, 0.15) is 17.0 Å². The van der Waals surface area contributed by atoms with Gasteiger partial charge in [0.15, 0.2) is 15.0 Å². The van der Waals surface area contributed by atoms with Gasteiger partial charge in [0, 0.05) is 11.6 Å². The molecular formula is C21H23Cl2N3O4S2. The van der Waals surface area contributed by atoms with E-state index >= 15 is 0 Å². The third-order valence-corrected chi connectivity index (χ3v) is 8.08. The van der Waals surface area contributed by atoms with Crippen molar-refractivity contribution in [3.8, 4) is 5.75 Å². The average Bonchev–Trinajstić information content (AvgIpc) is 3.17. The minimum absolute atomic E-state index is 0.0394. The van der Waals surface area contributed by atoms with Gasteiger partial charge in [-0.05, 0) is 63.5 Å². The van der Waals surface area contributed by atoms with Crippen LogP contribution in [0.2, 0.25) is 10.0 Å². The standard InChI is InChI=1S/C21H23Cl2N3O4S2/c1-25(2)11-4-12-26(18(27)13-32(28,29)15-7-5-14(22)6-8-15)21-24-19-17(30-3)10-9-16(23)20(19)31-21/h5-10H,4,11-13H2,1-3H3. The molecule has 3 rings (SSSR count). The van der Waals surface area contributed by atoms with Crippen LogP contribution in [0.4, 0.5) is 5.13 Å². The minimum Gasteiger partial charge on any atom is -0.494 e. The summed E-state index contributed by atoms with van der Waals surface area (Å²) in [5.41, 5.74) is 0.533. The highest BCUT2D eigenvalue weighted by molar-refractivity contribution is 7.92. The number of carbonyl (C=O) groups is 1. The van der Waals surface area contributed by atoms with Crippen molar-refractivity contribution in [2.24, 2.45) is 0 Å². The Morgan fingerprint density at radius 1 is 1.09 bits per heavy atom. The zero-order chi connectivity index (χ0) is 23.5. The lowest BCUT2D eigenvalue weighted by atomic mass is 10.3. The van der Waals surface area contributed by atoms with Crippen LogP contribution in [0.15, 0.2) is 41.3 Å². The Balaban J connectivity index is 1.95. The van der Waals surface area contributed by atoms with Crippen LogP contribution in [0.25, 0.3) is 10.2 Å². The summed E-state index contributed by atoms with van der Waals surface area (Å²) in [5, 5.41) is 1.28. The fraction of sp³-hybridized carbons (Fsp3) is 0.333. The number of hydrogen-bond acceptors (Lipinski definition) is 7. The second-order valence-electron chi connectivity index (χ2n) is 7.34. The van der Waals surface area contributed by atoms with Gasteiger partial charge in [0.05, 0.1) is 21.7 Å². The van der Waals surface area contributed by atoms with Crippen LogP contribution in [0.3, 0.4) is 0 Å². The summed E-state index contributed by atoms with van der Waals surface area (Å²) in [6.45, 7) is 1.04. The number of aromatic nitrogens is 1. The zero-order valence-corrected chi connectivity index (χ0v) is 21.0. The molecule has 0 spiro atoms. The summed E-state index contributed by atoms with van der Waals surface area (Å²) in [4.78, 5) is 21.2. The van der Waals surface area contributed by atoms with Gasteiger partial charge in [-0.2, -0.15) is 0 Å². The molecule has 3 aromatic rings. The van der Waals surface area contributed by atoms with E-state index in [0.717, 1.165) is 6.54 Å². The van der Waals surface area contributed by atoms with Crippen LogP contribution < -0.4 is 9.64 Å². The molecule has 7 nitrogen and oxygen atoms in total. The SMILES string of the molecule is COc1ccc(Cl)c2sc(N(CCCN(C)C)C(=O)CS(=O)(=O)c3ccc(Cl)cc3)nc12. The van der Waals surface area contributed by atoms with E-state index in [1.807, 2.05) is 19.0 Å². The van der Waals surface area contributed by atoms with Crippen LogP contribution in [0.5, 0.6) is 5.75 Å². The molecule has 0 bridgehead atoms. The zero-order valence-electron chi connectivity index (χ0n) is 17.8. The van der Waals surface area contributed by atoms with Crippen LogP contribution in [-0.2, 0) is 14.6 Å². The summed E-state index contributed by atoms with van der Waals surface area (Å²) in [7, 11) is 1.53. The lowest BCUT2D eigenvalue weighted by Crippen LogP contribution is -2.37. The number of hydrogen-bond donors (Lipinski definition) is 0. The number of benzene rings is 2. The van der Waals surface area contributed by atoms with E-state index in [2.05, 4.69) is 4.98 Å². The van der Waals surface area contributed by atoms with Crippen molar-refractivity contribution >= 4 is 65.6 Å². The first-order valence-electron chi connectivity index (χ1n) is 9.69. The Bertz CT molecular complexity index is 1210. The lowest BCUT2D eigenvalue weighted by molar-refractivity contribution is -0.116. The van der Waals surface area contributed by atoms with Gasteiger partial charge in [-0.1, -0.05) is 34.5 Å². The molecule has 172 valence electrons. The van der Waals surface area contributed by atoms with Crippen LogP contribution in [-0.4, -0.2) is 64.3 Å². The molecule has 0 saturated heterocycles. The molecule has 1 aromatic heterocycles. The Morgan fingerprint density at radius 3 is 2.41 bits per heavy atom. The quantitative estimate of drug-likeness (QED) is 0.420. The summed E-state index contributed by atoms with van der Waals surface area (Å²) in [6.07, 6.45) is 0.639. The largest absolute Gasteiger partial charge is 0.494 e. The predicted molar refractivity (Wildman–Crippen MR) is 130 cm³/mol. The van der Waals surface area contributed by atoms with Gasteiger partial charge >= 0.3 is 0 Å². The Kier molecular flexibility index (Phi) is 8.00. The number of methoxy groups -OCH3 is 1. The smallest absolute Gasteiger partial charge is 0.244 e. The number of thiazole rings is 1. The number of rotatable bonds is 9. The Morgan fingerprint density at radius 2 is 1.78 bits per heavy atom. The van der Waals surface area contributed by atoms with Gasteiger partial charge in [-0.3, -0.25) is 9.69 Å². The van der Waals surface area contributed by atoms with Gasteiger partial charge < -0.3 is 9.64 Å². The third kappa shape index (κ3) is 5.71. The van der Waals surface area contributed by atoms with E-state index in [9.17, 15) is 13.2 Å². The third-order valence-electron chi connectivity index (χ3n) is 4.67. The summed E-state index contributed by atoms with van der Waals surface area (Å²) in [5.74, 6) is -0.716. The fourth-order valence-corrected chi connectivity index (χ4v) is 5.68. The molecule has 0 unspecified atom stereocenters. The second kappa shape index (κ2) is 10.4. The molecule has 0 aliphatic rings. The summed E-state index contributed by atoms with van der Waals surface area (Å²) < 4.78 is 31.7. The van der Waals surface area contributed by atoms with Crippen molar-refractivity contribution in [3.05, 3.63) is 46.4 Å². The number of carbonyl (C=O) groups excluding carboxylic acids is 1. The molecule has 1 amide bonds. The fourth-order valence-electron chi connectivity index (χ4n) is 3.06. The first-order valence-corrected chi connectivity index (χ1v) is 12.9. The first-order chi connectivity index (χ1) is 15.1. The molecule has 0 atom stereocenters. The molecule has 1 heterocycles. The number of anilines is 1. The Hall–Kier alpha value is -1.91. The topological polar surface area (TPSA) is 79.8 Å². The molecule has 2 aromatic carbocycles. The van der Waals surface area contributed by atoms with E-state index in [4.69, 9.17) is 27.9 Å². The molecule has 0 fully saturated rings. The van der Waals surface area contributed by atoms with Crippen molar-refractivity contribution in [1.82, 2.24) is 9.88 Å². The lowest BCUT2D eigenvalue weighted by Gasteiger charge is -2.21. The van der Waals surface area contributed by atoms with E-state index in [1.54, 1.807) is 12.1 Å². The molecule has 0 N–H and O–H groups in total. The molecule has 11 heteroatoms. The maximum atomic E-state index is 13.2. The van der Waals surface area contributed by atoms with Crippen molar-refractivity contribution in [1.29, 1.82) is 0 Å². The first kappa shape index (κ1) is 24.7. The van der Waals surface area contributed by atoms with E-state index in [-0.39, 0.29) is 4.90 Å². The van der Waals surface area contributed by atoms with Gasteiger partial charge in [0.2, 0.25) is 5.91 Å². The highest BCUT2D eigenvalue weighted by Crippen LogP contribution is 2.39. The number of ether oxygens (including phenoxy) is 1. The molecule has 0 radical (unpaired) electrons. The molecule has 0 aliphatic carbocycles. The molecule has 0 saturated carbocycles. The van der Waals surface area contributed by atoms with Crippen LogP contribution in [0.1, 0.15) is 6.42 Å². The maximum absolute atomic E-state index is 13.2. The number of amides is 1. The van der Waals surface area contributed by atoms with E-state index < -0.39 is 21.5 Å². The van der Waals surface area contributed by atoms with Crippen molar-refractivity contribution in [2.45, 2.75) is 11.3 Å². The molecule has 32 heavy (non-hydrogen) atoms. The van der Waals surface area contributed by atoms with Crippen molar-refractivity contribution < 1.29 is 17.9 Å². The second-order valence-corrected chi connectivity index (χ2v) is 11.1. The van der Waals surface area contributed by atoms with Gasteiger partial charge in [0.25, 0.3) is 0 Å². The van der Waals surface area contributed by atoms with E-state index in [0.29, 0.717) is 44.1 Å². The maximum Gasteiger partial charge on any atom is 0.244 e. The predicted octanol–water partition coefficient (Wildman–Crippen LogP) is 4.37. The molecular weight excluding hydrogens is 493 g/mol. The van der Waals surface area contributed by atoms with E-state index in [1.165, 1.54) is 47.6 Å². The summed E-state index contributed by atoms with van der Waals surface area (Å²) in [6, 6.07) is 9.16. The number of sulfone groups is 1.